The summed E-state index contributed by atoms with van der Waals surface area (Å²) >= 11 is 11.9. The minimum atomic E-state index is -0.305. The van der Waals surface area contributed by atoms with Gasteiger partial charge < -0.3 is 4.98 Å². The zero-order valence-corrected chi connectivity index (χ0v) is 13.6. The summed E-state index contributed by atoms with van der Waals surface area (Å²) in [7, 11) is 0. The van der Waals surface area contributed by atoms with Crippen molar-refractivity contribution in [2.45, 2.75) is 6.92 Å². The lowest BCUT2D eigenvalue weighted by atomic mass is 10.1. The molecule has 0 aliphatic heterocycles. The van der Waals surface area contributed by atoms with Crippen molar-refractivity contribution in [2.24, 2.45) is 5.10 Å². The van der Waals surface area contributed by atoms with Gasteiger partial charge in [-0.15, -0.1) is 0 Å². The van der Waals surface area contributed by atoms with Gasteiger partial charge in [0.1, 0.15) is 0 Å². The highest BCUT2D eigenvalue weighted by atomic mass is 35.5. The fourth-order valence-electron chi connectivity index (χ4n) is 2.06. The first-order valence-electron chi connectivity index (χ1n) is 6.78. The Morgan fingerprint density at radius 2 is 1.91 bits per heavy atom. The van der Waals surface area contributed by atoms with Crippen LogP contribution in [0.5, 0.6) is 0 Å². The Morgan fingerprint density at radius 3 is 2.70 bits per heavy atom. The summed E-state index contributed by atoms with van der Waals surface area (Å²) < 4.78 is 0. The van der Waals surface area contributed by atoms with E-state index in [2.05, 4.69) is 20.5 Å². The number of amides is 1. The van der Waals surface area contributed by atoms with E-state index in [1.165, 1.54) is 0 Å². The van der Waals surface area contributed by atoms with Crippen molar-refractivity contribution in [1.29, 1.82) is 0 Å². The minimum absolute atomic E-state index is 0.305. The molecule has 3 aromatic rings. The summed E-state index contributed by atoms with van der Waals surface area (Å²) in [6, 6.07) is 10.4. The highest BCUT2D eigenvalue weighted by Crippen LogP contribution is 2.22. The molecule has 1 amide bonds. The number of halogens is 2. The molecule has 0 saturated carbocycles. The number of carbonyl (C=O) groups is 1. The van der Waals surface area contributed by atoms with E-state index in [1.54, 1.807) is 49.6 Å². The van der Waals surface area contributed by atoms with Gasteiger partial charge in [0.2, 0.25) is 0 Å². The van der Waals surface area contributed by atoms with E-state index in [9.17, 15) is 4.79 Å². The van der Waals surface area contributed by atoms with Crippen LogP contribution >= 0.6 is 23.2 Å². The van der Waals surface area contributed by atoms with Crippen molar-refractivity contribution in [1.82, 2.24) is 15.4 Å². The van der Waals surface area contributed by atoms with Crippen LogP contribution in [0.3, 0.4) is 0 Å². The number of nitrogens with one attached hydrogen (secondary N) is 2. The van der Waals surface area contributed by atoms with Gasteiger partial charge in [0, 0.05) is 5.56 Å². The molecule has 0 atom stereocenters. The smallest absolute Gasteiger partial charge is 0.271 e. The summed E-state index contributed by atoms with van der Waals surface area (Å²) in [4.78, 5) is 19.2. The van der Waals surface area contributed by atoms with Crippen LogP contribution in [0.15, 0.2) is 47.8 Å². The molecule has 2 N–H and O–H groups in total. The molecule has 7 heteroatoms. The quantitative estimate of drug-likeness (QED) is 0.555. The third kappa shape index (κ3) is 3.36. The van der Waals surface area contributed by atoms with Gasteiger partial charge in [0.25, 0.3) is 5.91 Å². The summed E-state index contributed by atoms with van der Waals surface area (Å²) in [6.45, 7) is 1.78. The number of imidazole rings is 1. The number of aromatic nitrogens is 2. The molecule has 5 nitrogen and oxygen atoms in total. The molecule has 0 unspecified atom stereocenters. The molecule has 0 spiro atoms. The maximum Gasteiger partial charge on any atom is 0.271 e. The van der Waals surface area contributed by atoms with Crippen molar-refractivity contribution in [3.63, 3.8) is 0 Å². The van der Waals surface area contributed by atoms with E-state index in [1.807, 2.05) is 0 Å². The van der Waals surface area contributed by atoms with E-state index >= 15 is 0 Å². The summed E-state index contributed by atoms with van der Waals surface area (Å²) in [5, 5.41) is 5.01. The Kier molecular flexibility index (Phi) is 4.32. The van der Waals surface area contributed by atoms with Crippen LogP contribution in [-0.4, -0.2) is 21.6 Å². The second-order valence-electron chi connectivity index (χ2n) is 4.90. The lowest BCUT2D eigenvalue weighted by Crippen LogP contribution is -2.19. The molecule has 23 heavy (non-hydrogen) atoms. The molecule has 1 heterocycles. The number of hydrazone groups is 1. The first-order chi connectivity index (χ1) is 11.0. The van der Waals surface area contributed by atoms with Crippen molar-refractivity contribution >= 4 is 45.9 Å². The Balaban J connectivity index is 1.77. The molecule has 116 valence electrons. The van der Waals surface area contributed by atoms with Crippen LogP contribution in [0.2, 0.25) is 10.0 Å². The van der Waals surface area contributed by atoms with Gasteiger partial charge in [-0.3, -0.25) is 4.79 Å². The molecule has 2 aromatic carbocycles. The fourth-order valence-corrected chi connectivity index (χ4v) is 2.36. The molecule has 1 aromatic heterocycles. The van der Waals surface area contributed by atoms with Crippen LogP contribution in [-0.2, 0) is 0 Å². The van der Waals surface area contributed by atoms with Gasteiger partial charge in [-0.25, -0.2) is 10.4 Å². The number of H-pyrrole nitrogens is 1. The summed E-state index contributed by atoms with van der Waals surface area (Å²) in [5.41, 5.74) is 6.02. The zero-order valence-electron chi connectivity index (χ0n) is 12.1. The number of hydrogen-bond donors (Lipinski definition) is 2. The van der Waals surface area contributed by atoms with Gasteiger partial charge >= 0.3 is 0 Å². The van der Waals surface area contributed by atoms with E-state index in [0.29, 0.717) is 21.3 Å². The fraction of sp³-hybridized carbons (Fsp3) is 0.0625. The molecule has 0 fully saturated rings. The van der Waals surface area contributed by atoms with E-state index < -0.39 is 0 Å². The van der Waals surface area contributed by atoms with Crippen molar-refractivity contribution < 1.29 is 4.79 Å². The highest BCUT2D eigenvalue weighted by molar-refractivity contribution is 6.42. The summed E-state index contributed by atoms with van der Waals surface area (Å²) in [6.07, 6.45) is 1.58. The van der Waals surface area contributed by atoms with Crippen LogP contribution in [0, 0.1) is 0 Å². The van der Waals surface area contributed by atoms with Crippen molar-refractivity contribution in [2.75, 3.05) is 0 Å². The van der Waals surface area contributed by atoms with Gasteiger partial charge in [-0.1, -0.05) is 29.3 Å². The van der Waals surface area contributed by atoms with Gasteiger partial charge in [0.05, 0.1) is 33.1 Å². The molecule has 0 aliphatic rings. The Labute approximate surface area is 142 Å². The molecular weight excluding hydrogens is 335 g/mol. The molecule has 0 saturated heterocycles. The topological polar surface area (TPSA) is 70.1 Å². The Bertz CT molecular complexity index is 917. The molecule has 3 rings (SSSR count). The average Bonchev–Trinajstić information content (AvgIpc) is 3.02. The number of hydrogen-bond acceptors (Lipinski definition) is 3. The predicted molar refractivity (Wildman–Crippen MR) is 92.2 cm³/mol. The Hall–Kier alpha value is -2.37. The second-order valence-corrected chi connectivity index (χ2v) is 5.72. The highest BCUT2D eigenvalue weighted by Gasteiger charge is 2.08. The van der Waals surface area contributed by atoms with Crippen molar-refractivity contribution in [3.05, 3.63) is 63.9 Å². The predicted octanol–water partition coefficient (Wildman–Crippen LogP) is 4.02. The van der Waals surface area contributed by atoms with Crippen LogP contribution in [0.4, 0.5) is 0 Å². The number of fused-ring (bicyclic) bond motifs is 1. The molecule has 0 radical (unpaired) electrons. The SMILES string of the molecule is C/C(=N\NC(=O)c1ccc2nc[nH]c2c1)c1ccc(Cl)c(Cl)c1. The minimum Gasteiger partial charge on any atom is -0.345 e. The third-order valence-corrected chi connectivity index (χ3v) is 4.08. The zero-order chi connectivity index (χ0) is 16.4. The monoisotopic (exact) mass is 346 g/mol. The molecular formula is C16H12Cl2N4O. The number of rotatable bonds is 3. The standard InChI is InChI=1S/C16H12Cl2N4O/c1-9(10-2-4-12(17)13(18)6-10)21-22-16(23)11-3-5-14-15(7-11)20-8-19-14/h2-8H,1H3,(H,19,20)(H,22,23)/b21-9+. The normalized spacial score (nSPS) is 11.7. The maximum absolute atomic E-state index is 12.2. The third-order valence-electron chi connectivity index (χ3n) is 3.34. The largest absolute Gasteiger partial charge is 0.345 e. The lowest BCUT2D eigenvalue weighted by molar-refractivity contribution is 0.0955. The maximum atomic E-state index is 12.2. The van der Waals surface area contributed by atoms with Crippen molar-refractivity contribution in [3.8, 4) is 0 Å². The van der Waals surface area contributed by atoms with Crippen LogP contribution < -0.4 is 5.43 Å². The van der Waals surface area contributed by atoms with E-state index in [-0.39, 0.29) is 5.91 Å². The Morgan fingerprint density at radius 1 is 1.13 bits per heavy atom. The van der Waals surface area contributed by atoms with E-state index in [4.69, 9.17) is 23.2 Å². The second kappa shape index (κ2) is 6.40. The van der Waals surface area contributed by atoms with Gasteiger partial charge in [-0.05, 0) is 42.8 Å². The van der Waals surface area contributed by atoms with Gasteiger partial charge in [-0.2, -0.15) is 5.10 Å². The van der Waals surface area contributed by atoms with Gasteiger partial charge in [0.15, 0.2) is 0 Å². The number of nitrogens with zero attached hydrogens (tertiary/aromatic N) is 2. The average molecular weight is 347 g/mol. The van der Waals surface area contributed by atoms with Crippen LogP contribution in [0.25, 0.3) is 11.0 Å². The summed E-state index contributed by atoms with van der Waals surface area (Å²) in [5.74, 6) is -0.305. The lowest BCUT2D eigenvalue weighted by Gasteiger charge is -2.04. The molecule has 0 bridgehead atoms. The first kappa shape index (κ1) is 15.5. The first-order valence-corrected chi connectivity index (χ1v) is 7.53. The number of benzene rings is 2. The molecule has 0 aliphatic carbocycles. The number of aromatic amines is 1. The number of carbonyl (C=O) groups excluding carboxylic acids is 1. The van der Waals surface area contributed by atoms with E-state index in [0.717, 1.165) is 16.6 Å². The van der Waals surface area contributed by atoms with Crippen LogP contribution in [0.1, 0.15) is 22.8 Å².